The predicted octanol–water partition coefficient (Wildman–Crippen LogP) is 2.67. The van der Waals surface area contributed by atoms with Gasteiger partial charge < -0.3 is 20.5 Å². The van der Waals surface area contributed by atoms with Crippen molar-refractivity contribution in [1.82, 2.24) is 5.32 Å². The smallest absolute Gasteiger partial charge is 0.221 e. The highest BCUT2D eigenvalue weighted by Gasteiger charge is 2.10. The highest BCUT2D eigenvalue weighted by atomic mass is 16.5. The van der Waals surface area contributed by atoms with Gasteiger partial charge in [0, 0.05) is 19.0 Å². The minimum Gasteiger partial charge on any atom is -0.497 e. The monoisotopic (exact) mass is 328 g/mol. The molecule has 2 aromatic rings. The van der Waals surface area contributed by atoms with E-state index in [1.54, 1.807) is 7.11 Å². The van der Waals surface area contributed by atoms with Crippen LogP contribution in [-0.2, 0) is 4.79 Å². The molecular formula is C19H24N2O3. The second-order valence-corrected chi connectivity index (χ2v) is 5.45. The molecule has 0 aliphatic rings. The lowest BCUT2D eigenvalue weighted by Crippen LogP contribution is -2.29. The summed E-state index contributed by atoms with van der Waals surface area (Å²) in [5, 5.41) is 2.87. The Labute approximate surface area is 142 Å². The van der Waals surface area contributed by atoms with E-state index in [-0.39, 0.29) is 18.4 Å². The molecule has 0 aliphatic heterocycles. The first kappa shape index (κ1) is 17.8. The number of benzene rings is 2. The number of amides is 1. The third-order valence-electron chi connectivity index (χ3n) is 3.60. The van der Waals surface area contributed by atoms with Gasteiger partial charge in [-0.2, -0.15) is 0 Å². The van der Waals surface area contributed by atoms with Crippen molar-refractivity contribution >= 4 is 5.91 Å². The minimum absolute atomic E-state index is 0.0456. The quantitative estimate of drug-likeness (QED) is 0.694. The number of ether oxygens (including phenoxy) is 2. The summed E-state index contributed by atoms with van der Waals surface area (Å²) in [4.78, 5) is 11.9. The van der Waals surface area contributed by atoms with Gasteiger partial charge in [0.25, 0.3) is 0 Å². The van der Waals surface area contributed by atoms with E-state index in [4.69, 9.17) is 15.2 Å². The van der Waals surface area contributed by atoms with Crippen molar-refractivity contribution in [2.45, 2.75) is 18.9 Å². The molecular weight excluding hydrogens is 304 g/mol. The zero-order valence-corrected chi connectivity index (χ0v) is 13.9. The first-order valence-corrected chi connectivity index (χ1v) is 8.03. The summed E-state index contributed by atoms with van der Waals surface area (Å²) in [6.07, 6.45) is 1.02. The molecule has 2 aromatic carbocycles. The maximum Gasteiger partial charge on any atom is 0.221 e. The third kappa shape index (κ3) is 5.93. The van der Waals surface area contributed by atoms with E-state index in [2.05, 4.69) is 5.32 Å². The highest BCUT2D eigenvalue weighted by molar-refractivity contribution is 5.76. The van der Waals surface area contributed by atoms with Gasteiger partial charge >= 0.3 is 0 Å². The van der Waals surface area contributed by atoms with E-state index >= 15 is 0 Å². The number of nitrogens with two attached hydrogens (primary N) is 1. The number of carbonyl (C=O) groups is 1. The summed E-state index contributed by atoms with van der Waals surface area (Å²) in [6.45, 7) is 1.11. The van der Waals surface area contributed by atoms with Crippen LogP contribution in [-0.4, -0.2) is 26.2 Å². The number of nitrogens with one attached hydrogen (secondary N) is 1. The van der Waals surface area contributed by atoms with Crippen LogP contribution in [0.25, 0.3) is 0 Å². The van der Waals surface area contributed by atoms with Gasteiger partial charge in [-0.15, -0.1) is 0 Å². The Kier molecular flexibility index (Phi) is 7.11. The lowest BCUT2D eigenvalue weighted by molar-refractivity contribution is -0.121. The van der Waals surface area contributed by atoms with Gasteiger partial charge in [0.05, 0.1) is 13.7 Å². The van der Waals surface area contributed by atoms with E-state index in [0.717, 1.165) is 23.5 Å². The van der Waals surface area contributed by atoms with Crippen LogP contribution < -0.4 is 20.5 Å². The van der Waals surface area contributed by atoms with Gasteiger partial charge in [-0.1, -0.05) is 30.3 Å². The zero-order valence-electron chi connectivity index (χ0n) is 13.9. The van der Waals surface area contributed by atoms with Crippen molar-refractivity contribution < 1.29 is 14.3 Å². The summed E-state index contributed by atoms with van der Waals surface area (Å²) < 4.78 is 10.7. The number of carbonyl (C=O) groups excluding carboxylic acids is 1. The largest absolute Gasteiger partial charge is 0.497 e. The molecule has 5 nitrogen and oxygen atoms in total. The number of methoxy groups -OCH3 is 1. The van der Waals surface area contributed by atoms with E-state index in [9.17, 15) is 4.79 Å². The SMILES string of the molecule is COc1ccc(OCCCNC(=O)CC(N)c2ccccc2)cc1. The Balaban J connectivity index is 1.60. The highest BCUT2D eigenvalue weighted by Crippen LogP contribution is 2.17. The standard InChI is InChI=1S/C19H24N2O3/c1-23-16-8-10-17(11-9-16)24-13-5-12-21-19(22)14-18(20)15-6-3-2-4-7-15/h2-4,6-11,18H,5,12-14,20H2,1H3,(H,21,22). The Hall–Kier alpha value is -2.53. The zero-order chi connectivity index (χ0) is 17.2. The molecule has 0 spiro atoms. The van der Waals surface area contributed by atoms with Gasteiger partial charge in [-0.25, -0.2) is 0 Å². The van der Waals surface area contributed by atoms with Crippen molar-refractivity contribution in [2.24, 2.45) is 5.73 Å². The van der Waals surface area contributed by atoms with Crippen LogP contribution in [0.1, 0.15) is 24.4 Å². The molecule has 5 heteroatoms. The van der Waals surface area contributed by atoms with E-state index in [1.165, 1.54) is 0 Å². The summed E-state index contributed by atoms with van der Waals surface area (Å²) in [5.41, 5.74) is 7.00. The molecule has 128 valence electrons. The second kappa shape index (κ2) is 9.57. The molecule has 0 radical (unpaired) electrons. The molecule has 1 atom stereocenters. The fourth-order valence-electron chi connectivity index (χ4n) is 2.25. The fourth-order valence-corrected chi connectivity index (χ4v) is 2.25. The van der Waals surface area contributed by atoms with E-state index in [0.29, 0.717) is 13.2 Å². The molecule has 3 N–H and O–H groups in total. The Bertz CT molecular complexity index is 614. The fraction of sp³-hybridized carbons (Fsp3) is 0.316. The number of hydrogen-bond donors (Lipinski definition) is 2. The first-order valence-electron chi connectivity index (χ1n) is 8.03. The van der Waals surface area contributed by atoms with Crippen molar-refractivity contribution in [1.29, 1.82) is 0 Å². The van der Waals surface area contributed by atoms with Gasteiger partial charge in [0.1, 0.15) is 11.5 Å². The van der Waals surface area contributed by atoms with Crippen LogP contribution in [0.4, 0.5) is 0 Å². The summed E-state index contributed by atoms with van der Waals surface area (Å²) in [7, 11) is 1.63. The molecule has 0 saturated carbocycles. The van der Waals surface area contributed by atoms with Gasteiger partial charge in [0.15, 0.2) is 0 Å². The summed E-state index contributed by atoms with van der Waals surface area (Å²) in [5.74, 6) is 1.54. The van der Waals surface area contributed by atoms with Crippen LogP contribution >= 0.6 is 0 Å². The molecule has 0 aromatic heterocycles. The molecule has 1 unspecified atom stereocenters. The van der Waals surface area contributed by atoms with Gasteiger partial charge in [-0.3, -0.25) is 4.79 Å². The lowest BCUT2D eigenvalue weighted by atomic mass is 10.0. The average molecular weight is 328 g/mol. The third-order valence-corrected chi connectivity index (χ3v) is 3.60. The Morgan fingerprint density at radius 3 is 2.42 bits per heavy atom. The second-order valence-electron chi connectivity index (χ2n) is 5.45. The molecule has 2 rings (SSSR count). The van der Waals surface area contributed by atoms with E-state index in [1.807, 2.05) is 54.6 Å². The summed E-state index contributed by atoms with van der Waals surface area (Å²) in [6, 6.07) is 16.8. The molecule has 1 amide bonds. The predicted molar refractivity (Wildman–Crippen MR) is 94.1 cm³/mol. The topological polar surface area (TPSA) is 73.6 Å². The summed E-state index contributed by atoms with van der Waals surface area (Å²) >= 11 is 0. The van der Waals surface area contributed by atoms with Crippen LogP contribution in [0.5, 0.6) is 11.5 Å². The van der Waals surface area contributed by atoms with Gasteiger partial charge in [-0.05, 0) is 36.2 Å². The lowest BCUT2D eigenvalue weighted by Gasteiger charge is -2.12. The Morgan fingerprint density at radius 2 is 1.75 bits per heavy atom. The molecule has 0 saturated heterocycles. The van der Waals surface area contributed by atoms with Crippen LogP contribution in [0, 0.1) is 0 Å². The van der Waals surface area contributed by atoms with Crippen molar-refractivity contribution in [3.63, 3.8) is 0 Å². The maximum absolute atomic E-state index is 11.9. The van der Waals surface area contributed by atoms with E-state index < -0.39 is 0 Å². The molecule has 0 aliphatic carbocycles. The van der Waals surface area contributed by atoms with Crippen molar-refractivity contribution in [3.05, 3.63) is 60.2 Å². The first-order chi connectivity index (χ1) is 11.7. The normalized spacial score (nSPS) is 11.6. The molecule has 0 bridgehead atoms. The van der Waals surface area contributed by atoms with Crippen molar-refractivity contribution in [3.8, 4) is 11.5 Å². The Morgan fingerprint density at radius 1 is 1.08 bits per heavy atom. The van der Waals surface area contributed by atoms with Gasteiger partial charge in [0.2, 0.25) is 5.91 Å². The van der Waals surface area contributed by atoms with Crippen molar-refractivity contribution in [2.75, 3.05) is 20.3 Å². The maximum atomic E-state index is 11.9. The molecule has 0 fully saturated rings. The van der Waals surface area contributed by atoms with Crippen LogP contribution in [0.15, 0.2) is 54.6 Å². The molecule has 24 heavy (non-hydrogen) atoms. The van der Waals surface area contributed by atoms with Crippen LogP contribution in [0.2, 0.25) is 0 Å². The minimum atomic E-state index is -0.276. The average Bonchev–Trinajstić information content (AvgIpc) is 2.62. The molecule has 0 heterocycles. The number of rotatable bonds is 9. The van der Waals surface area contributed by atoms with Crippen LogP contribution in [0.3, 0.4) is 0 Å². The number of hydrogen-bond acceptors (Lipinski definition) is 4.